The molecule has 0 aliphatic carbocycles. The van der Waals surface area contributed by atoms with Gasteiger partial charge in [0.2, 0.25) is 0 Å². The van der Waals surface area contributed by atoms with Crippen LogP contribution in [0.3, 0.4) is 0 Å². The van der Waals surface area contributed by atoms with Crippen LogP contribution < -0.4 is 0 Å². The first-order valence-corrected chi connectivity index (χ1v) is 4.92. The fraction of sp³-hybridized carbons (Fsp3) is 0.455. The molecule has 0 radical (unpaired) electrons. The summed E-state index contributed by atoms with van der Waals surface area (Å²) >= 11 is 0. The van der Waals surface area contributed by atoms with Crippen molar-refractivity contribution in [2.45, 2.75) is 26.8 Å². The summed E-state index contributed by atoms with van der Waals surface area (Å²) < 4.78 is 0. The van der Waals surface area contributed by atoms with E-state index < -0.39 is 0 Å². The van der Waals surface area contributed by atoms with Crippen molar-refractivity contribution in [2.75, 3.05) is 0 Å². The van der Waals surface area contributed by atoms with Crippen LogP contribution in [0, 0.1) is 5.92 Å². The fourth-order valence-electron chi connectivity index (χ4n) is 1.47. The zero-order valence-electron chi connectivity index (χ0n) is 8.77. The van der Waals surface area contributed by atoms with Crippen LogP contribution in [0.5, 0.6) is 0 Å². The predicted molar refractivity (Wildman–Crippen MR) is 59.1 cm³/mol. The van der Waals surface area contributed by atoms with Crippen LogP contribution in [0.1, 0.15) is 25.0 Å². The van der Waals surface area contributed by atoms with E-state index in [0.717, 1.165) is 19.3 Å². The van der Waals surface area contributed by atoms with E-state index in [2.05, 4.69) is 30.9 Å². The van der Waals surface area contributed by atoms with E-state index in [1.807, 2.05) is 12.1 Å². The van der Waals surface area contributed by atoms with Crippen molar-refractivity contribution >= 4 is 7.27 Å². The Hall–Kier alpha value is -1.12. The fourth-order valence-corrected chi connectivity index (χ4v) is 1.47. The molecule has 0 saturated carbocycles. The third-order valence-electron chi connectivity index (χ3n) is 1.99. The van der Waals surface area contributed by atoms with Gasteiger partial charge in [0.15, 0.2) is 0 Å². The first-order valence-electron chi connectivity index (χ1n) is 4.92. The van der Waals surface area contributed by atoms with E-state index in [1.54, 1.807) is 0 Å². The number of nitrogens with zero attached hydrogens (tertiary/aromatic N) is 1. The van der Waals surface area contributed by atoms with Crippen LogP contribution in [0.2, 0.25) is 0 Å². The average Bonchev–Trinajstić information content (AvgIpc) is 2.14. The van der Waals surface area contributed by atoms with Crippen LogP contribution in [-0.2, 0) is 13.0 Å². The van der Waals surface area contributed by atoms with Crippen LogP contribution in [0.25, 0.3) is 0 Å². The minimum atomic E-state index is 0.558. The van der Waals surface area contributed by atoms with Gasteiger partial charge in [-0.2, -0.15) is 0 Å². The Morgan fingerprint density at radius 1 is 1.36 bits per heavy atom. The van der Waals surface area contributed by atoms with Gasteiger partial charge in [0.1, 0.15) is 0 Å². The Balaban J connectivity index is 2.68. The van der Waals surface area contributed by atoms with Crippen molar-refractivity contribution in [3.8, 4) is 0 Å². The van der Waals surface area contributed by atoms with Crippen LogP contribution in [0.15, 0.2) is 29.2 Å². The standard InChI is InChI=1S/C11H16BNO/c1-9(2)6-10-4-3-5-11(7-10)8-13-12-14/h3-5,7,9,14H,6,8H2,1-2H3. The second kappa shape index (κ2) is 5.58. The molecule has 0 bridgehead atoms. The second-order valence-corrected chi connectivity index (χ2v) is 3.87. The monoisotopic (exact) mass is 189 g/mol. The zero-order valence-corrected chi connectivity index (χ0v) is 8.77. The van der Waals surface area contributed by atoms with Gasteiger partial charge in [0, 0.05) is 0 Å². The summed E-state index contributed by atoms with van der Waals surface area (Å²) in [6.07, 6.45) is 1.09. The van der Waals surface area contributed by atoms with Crippen molar-refractivity contribution in [1.29, 1.82) is 0 Å². The summed E-state index contributed by atoms with van der Waals surface area (Å²) in [5.41, 5.74) is 2.49. The van der Waals surface area contributed by atoms with Gasteiger partial charge in [-0.1, -0.05) is 0 Å². The Labute approximate surface area is 86.0 Å². The zero-order chi connectivity index (χ0) is 10.4. The average molecular weight is 189 g/mol. The molecule has 0 spiro atoms. The molecule has 0 fully saturated rings. The molecule has 1 aromatic carbocycles. The molecule has 2 nitrogen and oxygen atoms in total. The molecule has 0 aromatic heterocycles. The Kier molecular flexibility index (Phi) is 4.37. The maximum atomic E-state index is 8.45. The van der Waals surface area contributed by atoms with Gasteiger partial charge >= 0.3 is 85.3 Å². The van der Waals surface area contributed by atoms with Gasteiger partial charge in [-0.05, 0) is 0 Å². The van der Waals surface area contributed by atoms with E-state index in [-0.39, 0.29) is 0 Å². The SMILES string of the molecule is CC(C)Cc1cccc(CN=BO)c1. The Morgan fingerprint density at radius 2 is 2.07 bits per heavy atom. The third-order valence-corrected chi connectivity index (χ3v) is 1.99. The van der Waals surface area contributed by atoms with E-state index in [9.17, 15) is 0 Å². The summed E-state index contributed by atoms with van der Waals surface area (Å²) in [6, 6.07) is 8.34. The quantitative estimate of drug-likeness (QED) is 0.723. The van der Waals surface area contributed by atoms with Crippen molar-refractivity contribution < 1.29 is 5.02 Å². The summed E-state index contributed by atoms with van der Waals surface area (Å²) in [7, 11) is 0.856. The molecule has 0 aliphatic heterocycles. The van der Waals surface area contributed by atoms with Crippen molar-refractivity contribution in [3.63, 3.8) is 0 Å². The number of rotatable bonds is 4. The van der Waals surface area contributed by atoms with Crippen LogP contribution in [-0.4, -0.2) is 12.3 Å². The molecule has 0 heterocycles. The topological polar surface area (TPSA) is 32.6 Å². The van der Waals surface area contributed by atoms with Gasteiger partial charge in [-0.3, -0.25) is 0 Å². The molecule has 3 heteroatoms. The van der Waals surface area contributed by atoms with E-state index in [0.29, 0.717) is 12.5 Å². The molecular formula is C11H16BNO. The second-order valence-electron chi connectivity index (χ2n) is 3.87. The van der Waals surface area contributed by atoms with Gasteiger partial charge in [0.05, 0.1) is 0 Å². The molecule has 0 unspecified atom stereocenters. The van der Waals surface area contributed by atoms with Gasteiger partial charge < -0.3 is 0 Å². The number of benzene rings is 1. The van der Waals surface area contributed by atoms with Gasteiger partial charge in [0.25, 0.3) is 0 Å². The number of hydrogen-bond acceptors (Lipinski definition) is 1. The van der Waals surface area contributed by atoms with Crippen molar-refractivity contribution in [2.24, 2.45) is 10.8 Å². The first-order chi connectivity index (χ1) is 6.72. The van der Waals surface area contributed by atoms with E-state index in [1.165, 1.54) is 5.56 Å². The summed E-state index contributed by atoms with van der Waals surface area (Å²) in [5, 5.41) is 8.45. The molecule has 1 aromatic rings. The maximum absolute atomic E-state index is 8.45. The van der Waals surface area contributed by atoms with Crippen LogP contribution in [0.4, 0.5) is 0 Å². The Morgan fingerprint density at radius 3 is 2.71 bits per heavy atom. The number of hydrogen-bond donors (Lipinski definition) is 1. The first kappa shape index (κ1) is 11.0. The van der Waals surface area contributed by atoms with E-state index in [4.69, 9.17) is 5.02 Å². The molecule has 0 aliphatic rings. The van der Waals surface area contributed by atoms with Crippen molar-refractivity contribution in [1.82, 2.24) is 0 Å². The summed E-state index contributed by atoms with van der Waals surface area (Å²) in [4.78, 5) is 3.79. The molecule has 14 heavy (non-hydrogen) atoms. The molecular weight excluding hydrogens is 173 g/mol. The Bertz CT molecular complexity index is 310. The molecule has 1 N–H and O–H groups in total. The van der Waals surface area contributed by atoms with Gasteiger partial charge in [-0.15, -0.1) is 0 Å². The third kappa shape index (κ3) is 3.73. The molecule has 0 atom stereocenters. The minimum absolute atomic E-state index is 0.558. The van der Waals surface area contributed by atoms with Crippen LogP contribution >= 0.6 is 0 Å². The molecule has 0 saturated heterocycles. The van der Waals surface area contributed by atoms with Gasteiger partial charge in [-0.25, -0.2) is 0 Å². The molecule has 0 amide bonds. The normalized spacial score (nSPS) is 10.8. The predicted octanol–water partition coefficient (Wildman–Crippen LogP) is 2.18. The summed E-state index contributed by atoms with van der Waals surface area (Å²) in [6.45, 7) is 4.97. The van der Waals surface area contributed by atoms with Crippen molar-refractivity contribution in [3.05, 3.63) is 35.4 Å². The van der Waals surface area contributed by atoms with E-state index >= 15 is 0 Å². The molecule has 1 rings (SSSR count). The summed E-state index contributed by atoms with van der Waals surface area (Å²) in [5.74, 6) is 0.673. The molecule has 74 valence electrons.